The zero-order valence-electron chi connectivity index (χ0n) is 8.63. The Kier molecular flexibility index (Phi) is 6.05. The Hall–Kier alpha value is -0.360. The molecular weight excluding hydrogens is 302 g/mol. The summed E-state index contributed by atoms with van der Waals surface area (Å²) in [7, 11) is 1.59. The van der Waals surface area contributed by atoms with Crippen LogP contribution < -0.4 is 4.89 Å². The maximum absolute atomic E-state index is 13.4. The van der Waals surface area contributed by atoms with Crippen molar-refractivity contribution in [2.24, 2.45) is 0 Å². The van der Waals surface area contributed by atoms with E-state index >= 15 is 0 Å². The Labute approximate surface area is 106 Å². The van der Waals surface area contributed by atoms with Gasteiger partial charge in [-0.2, -0.15) is 4.89 Å². The standard InChI is InChI=1S/C10H11BrClFO3/c1-14-3-2-4-15-16-9-6-7(11)5-8(12)10(9)13/h5-6H,2-4H2,1H3. The predicted octanol–water partition coefficient (Wildman–Crippen LogP) is 3.59. The minimum Gasteiger partial charge on any atom is -0.385 e. The van der Waals surface area contributed by atoms with Crippen LogP contribution in [0, 0.1) is 5.82 Å². The van der Waals surface area contributed by atoms with Gasteiger partial charge in [0.05, 0.1) is 11.6 Å². The maximum atomic E-state index is 13.4. The normalized spacial score (nSPS) is 10.5. The van der Waals surface area contributed by atoms with Crippen molar-refractivity contribution in [3.63, 3.8) is 0 Å². The SMILES string of the molecule is COCCCOOc1cc(Br)cc(Cl)c1F. The second kappa shape index (κ2) is 7.06. The lowest BCUT2D eigenvalue weighted by atomic mass is 10.3. The monoisotopic (exact) mass is 312 g/mol. The first kappa shape index (κ1) is 13.7. The van der Waals surface area contributed by atoms with Crippen molar-refractivity contribution in [2.45, 2.75) is 6.42 Å². The first-order valence-corrected chi connectivity index (χ1v) is 5.75. The van der Waals surface area contributed by atoms with Gasteiger partial charge in [0, 0.05) is 24.3 Å². The van der Waals surface area contributed by atoms with Crippen LogP contribution in [0.3, 0.4) is 0 Å². The highest BCUT2D eigenvalue weighted by atomic mass is 79.9. The minimum atomic E-state index is -0.642. The highest BCUT2D eigenvalue weighted by Crippen LogP contribution is 2.29. The number of hydrogen-bond donors (Lipinski definition) is 0. The molecule has 90 valence electrons. The lowest BCUT2D eigenvalue weighted by Gasteiger charge is -2.07. The van der Waals surface area contributed by atoms with Crippen molar-refractivity contribution < 1.29 is 18.9 Å². The Bertz CT molecular complexity index is 349. The van der Waals surface area contributed by atoms with E-state index in [1.54, 1.807) is 7.11 Å². The fourth-order valence-corrected chi connectivity index (χ4v) is 1.74. The van der Waals surface area contributed by atoms with E-state index in [1.807, 2.05) is 0 Å². The second-order valence-electron chi connectivity index (χ2n) is 2.95. The molecule has 0 saturated heterocycles. The summed E-state index contributed by atoms with van der Waals surface area (Å²) in [5.74, 6) is -0.687. The van der Waals surface area contributed by atoms with Gasteiger partial charge in [-0.3, -0.25) is 0 Å². The van der Waals surface area contributed by atoms with Crippen LogP contribution in [0.1, 0.15) is 6.42 Å². The third-order valence-corrected chi connectivity index (χ3v) is 2.42. The van der Waals surface area contributed by atoms with Crippen molar-refractivity contribution in [3.8, 4) is 5.75 Å². The Balaban J connectivity index is 2.47. The molecule has 0 fully saturated rings. The number of rotatable bonds is 6. The van der Waals surface area contributed by atoms with Gasteiger partial charge in [0.2, 0.25) is 5.75 Å². The quantitative estimate of drug-likeness (QED) is 0.348. The summed E-state index contributed by atoms with van der Waals surface area (Å²) >= 11 is 8.80. The van der Waals surface area contributed by atoms with Crippen molar-refractivity contribution in [1.82, 2.24) is 0 Å². The smallest absolute Gasteiger partial charge is 0.203 e. The molecule has 0 aliphatic rings. The molecule has 0 unspecified atom stereocenters. The average molecular weight is 314 g/mol. The van der Waals surface area contributed by atoms with Gasteiger partial charge in [0.25, 0.3) is 0 Å². The molecule has 0 aliphatic carbocycles. The van der Waals surface area contributed by atoms with Crippen LogP contribution in [0.5, 0.6) is 5.75 Å². The average Bonchev–Trinajstić information content (AvgIpc) is 2.24. The molecule has 0 radical (unpaired) electrons. The van der Waals surface area contributed by atoms with Gasteiger partial charge in [0.1, 0.15) is 0 Å². The lowest BCUT2D eigenvalue weighted by molar-refractivity contribution is -0.210. The van der Waals surface area contributed by atoms with Crippen molar-refractivity contribution in [2.75, 3.05) is 20.3 Å². The highest BCUT2D eigenvalue weighted by molar-refractivity contribution is 9.10. The number of ether oxygens (including phenoxy) is 1. The van der Waals surface area contributed by atoms with E-state index in [-0.39, 0.29) is 10.8 Å². The van der Waals surface area contributed by atoms with E-state index in [9.17, 15) is 4.39 Å². The van der Waals surface area contributed by atoms with Gasteiger partial charge < -0.3 is 9.62 Å². The molecule has 0 amide bonds. The molecule has 0 aromatic heterocycles. The largest absolute Gasteiger partial charge is 0.385 e. The number of methoxy groups -OCH3 is 1. The fraction of sp³-hybridized carbons (Fsp3) is 0.400. The third-order valence-electron chi connectivity index (χ3n) is 1.68. The van der Waals surface area contributed by atoms with Gasteiger partial charge in [-0.1, -0.05) is 27.5 Å². The van der Waals surface area contributed by atoms with Crippen LogP contribution in [0.15, 0.2) is 16.6 Å². The number of hydrogen-bond acceptors (Lipinski definition) is 3. The molecule has 0 heterocycles. The minimum absolute atomic E-state index is 0.0233. The molecular formula is C10H11BrClFO3. The van der Waals surface area contributed by atoms with Crippen LogP contribution in [-0.4, -0.2) is 20.3 Å². The summed E-state index contributed by atoms with van der Waals surface area (Å²) in [6.07, 6.45) is 0.667. The third kappa shape index (κ3) is 4.25. The molecule has 1 rings (SSSR count). The molecule has 0 aliphatic heterocycles. The van der Waals surface area contributed by atoms with Crippen molar-refractivity contribution in [1.29, 1.82) is 0 Å². The molecule has 16 heavy (non-hydrogen) atoms. The summed E-state index contributed by atoms with van der Waals surface area (Å²) in [4.78, 5) is 9.61. The van der Waals surface area contributed by atoms with Crippen LogP contribution in [0.4, 0.5) is 4.39 Å². The van der Waals surface area contributed by atoms with E-state index in [1.165, 1.54) is 12.1 Å². The maximum Gasteiger partial charge on any atom is 0.203 e. The summed E-state index contributed by atoms with van der Waals surface area (Å²) in [6.45, 7) is 0.877. The Morgan fingerprint density at radius 1 is 1.38 bits per heavy atom. The molecule has 0 saturated carbocycles. The van der Waals surface area contributed by atoms with Crippen LogP contribution in [0.2, 0.25) is 5.02 Å². The summed E-state index contributed by atoms with van der Waals surface area (Å²) in [5.41, 5.74) is 0. The van der Waals surface area contributed by atoms with Crippen LogP contribution in [-0.2, 0) is 9.62 Å². The fourth-order valence-electron chi connectivity index (χ4n) is 0.960. The molecule has 1 aromatic carbocycles. The number of halogens is 3. The van der Waals surface area contributed by atoms with Crippen LogP contribution in [0.25, 0.3) is 0 Å². The van der Waals surface area contributed by atoms with Gasteiger partial charge in [-0.25, -0.2) is 4.39 Å². The van der Waals surface area contributed by atoms with E-state index in [0.29, 0.717) is 24.1 Å². The molecule has 3 nitrogen and oxygen atoms in total. The molecule has 0 atom stereocenters. The van der Waals surface area contributed by atoms with Gasteiger partial charge in [-0.05, 0) is 12.5 Å². The molecule has 0 spiro atoms. The summed E-state index contributed by atoms with van der Waals surface area (Å²) in [6, 6.07) is 2.88. The van der Waals surface area contributed by atoms with E-state index in [2.05, 4.69) is 15.9 Å². The topological polar surface area (TPSA) is 27.7 Å². The number of benzene rings is 1. The molecule has 0 N–H and O–H groups in total. The van der Waals surface area contributed by atoms with Gasteiger partial charge in [0.15, 0.2) is 5.82 Å². The summed E-state index contributed by atoms with van der Waals surface area (Å²) < 4.78 is 18.8. The predicted molar refractivity (Wildman–Crippen MR) is 62.2 cm³/mol. The van der Waals surface area contributed by atoms with E-state index in [4.69, 9.17) is 26.1 Å². The van der Waals surface area contributed by atoms with Gasteiger partial charge in [-0.15, -0.1) is 0 Å². The molecule has 0 bridgehead atoms. The van der Waals surface area contributed by atoms with Crippen LogP contribution >= 0.6 is 27.5 Å². The molecule has 1 aromatic rings. The summed E-state index contributed by atoms with van der Waals surface area (Å²) in [5, 5.41) is -0.0233. The molecule has 6 heteroatoms. The van der Waals surface area contributed by atoms with Crippen molar-refractivity contribution in [3.05, 3.63) is 27.4 Å². The van der Waals surface area contributed by atoms with Crippen molar-refractivity contribution >= 4 is 27.5 Å². The zero-order chi connectivity index (χ0) is 12.0. The lowest BCUT2D eigenvalue weighted by Crippen LogP contribution is -2.03. The van der Waals surface area contributed by atoms with E-state index in [0.717, 1.165) is 0 Å². The van der Waals surface area contributed by atoms with E-state index < -0.39 is 5.82 Å². The first-order chi connectivity index (χ1) is 7.65. The first-order valence-electron chi connectivity index (χ1n) is 4.58. The highest BCUT2D eigenvalue weighted by Gasteiger charge is 2.10. The van der Waals surface area contributed by atoms with Gasteiger partial charge >= 0.3 is 0 Å². The second-order valence-corrected chi connectivity index (χ2v) is 4.27. The Morgan fingerprint density at radius 3 is 2.81 bits per heavy atom. The zero-order valence-corrected chi connectivity index (χ0v) is 11.0. The Morgan fingerprint density at radius 2 is 2.12 bits per heavy atom.